The smallest absolute Gasteiger partial charge is 0.0726 e. The molecule has 0 saturated carbocycles. The zero-order valence-electron chi connectivity index (χ0n) is 39.6. The summed E-state index contributed by atoms with van der Waals surface area (Å²) in [6, 6.07) is 105. The minimum Gasteiger partial charge on any atom is -0.309 e. The summed E-state index contributed by atoms with van der Waals surface area (Å²) in [7, 11) is 0. The minimum atomic E-state index is -0.475. The van der Waals surface area contributed by atoms with Crippen molar-refractivity contribution in [2.75, 3.05) is 4.90 Å². The Morgan fingerprint density at radius 1 is 0.222 bits per heavy atom. The molecule has 14 rings (SSSR count). The molecule has 0 radical (unpaired) electrons. The second-order valence-electron chi connectivity index (χ2n) is 19.1. The van der Waals surface area contributed by atoms with E-state index in [0.717, 1.165) is 22.6 Å². The van der Waals surface area contributed by atoms with Crippen LogP contribution >= 0.6 is 0 Å². The van der Waals surface area contributed by atoms with Gasteiger partial charge in [-0.15, -0.1) is 0 Å². The number of fused-ring (bicyclic) bond motifs is 11. The van der Waals surface area contributed by atoms with Gasteiger partial charge in [0.1, 0.15) is 0 Å². The molecule has 0 unspecified atom stereocenters. The van der Waals surface area contributed by atoms with Crippen molar-refractivity contribution in [2.45, 2.75) is 5.41 Å². The van der Waals surface area contributed by atoms with Crippen LogP contribution in [0.15, 0.2) is 285 Å². The molecule has 12 aromatic carbocycles. The van der Waals surface area contributed by atoms with E-state index in [1.165, 1.54) is 105 Å². The van der Waals surface area contributed by atoms with E-state index in [4.69, 9.17) is 0 Å². The van der Waals surface area contributed by atoms with E-state index >= 15 is 0 Å². The molecule has 0 fully saturated rings. The number of anilines is 3. The molecule has 0 saturated heterocycles. The number of nitrogens with zero attached hydrogens (tertiary/aromatic N) is 1. The van der Waals surface area contributed by atoms with Crippen molar-refractivity contribution in [3.05, 3.63) is 307 Å². The second-order valence-corrected chi connectivity index (χ2v) is 19.1. The highest BCUT2D eigenvalue weighted by atomic mass is 15.1. The fraction of sp³-hybridized carbons (Fsp3) is 0.0141. The molecule has 336 valence electrons. The highest BCUT2D eigenvalue weighted by molar-refractivity contribution is 6.04. The Morgan fingerprint density at radius 2 is 0.639 bits per heavy atom. The van der Waals surface area contributed by atoms with Crippen LogP contribution in [0.5, 0.6) is 0 Å². The van der Waals surface area contributed by atoms with Gasteiger partial charge >= 0.3 is 0 Å². The summed E-state index contributed by atoms with van der Waals surface area (Å²) in [6.45, 7) is 0. The van der Waals surface area contributed by atoms with Gasteiger partial charge in [0, 0.05) is 16.8 Å². The van der Waals surface area contributed by atoms with Gasteiger partial charge in [-0.3, -0.25) is 0 Å². The van der Waals surface area contributed by atoms with Gasteiger partial charge in [-0.2, -0.15) is 0 Å². The maximum atomic E-state index is 2.53. The normalized spacial score (nSPS) is 12.6. The largest absolute Gasteiger partial charge is 0.309 e. The summed E-state index contributed by atoms with van der Waals surface area (Å²) in [5.41, 5.74) is 25.2. The summed E-state index contributed by atoms with van der Waals surface area (Å²) in [5.74, 6) is 0. The number of benzene rings is 12. The number of hydrogen-bond acceptors (Lipinski definition) is 1. The average Bonchev–Trinajstić information content (AvgIpc) is 3.94. The van der Waals surface area contributed by atoms with E-state index in [0.29, 0.717) is 0 Å². The molecular weight excluding hydrogens is 867 g/mol. The maximum Gasteiger partial charge on any atom is 0.0726 e. The number of hydrogen-bond donors (Lipinski definition) is 0. The van der Waals surface area contributed by atoms with Crippen molar-refractivity contribution in [3.63, 3.8) is 0 Å². The summed E-state index contributed by atoms with van der Waals surface area (Å²) >= 11 is 0. The molecule has 2 aliphatic rings. The van der Waals surface area contributed by atoms with Gasteiger partial charge in [0.2, 0.25) is 0 Å². The molecule has 12 aromatic rings. The van der Waals surface area contributed by atoms with Crippen LogP contribution in [-0.2, 0) is 5.41 Å². The number of para-hydroxylation sites is 1. The van der Waals surface area contributed by atoms with Crippen LogP contribution in [0.3, 0.4) is 0 Å². The lowest BCUT2D eigenvalue weighted by molar-refractivity contribution is 0.794. The Bertz CT molecular complexity index is 3990. The highest BCUT2D eigenvalue weighted by Gasteiger charge is 2.52. The maximum absolute atomic E-state index is 2.53. The average molecular weight is 914 g/mol. The van der Waals surface area contributed by atoms with E-state index in [1.54, 1.807) is 0 Å². The Labute approximate surface area is 421 Å². The molecule has 1 spiro atoms. The molecule has 0 bridgehead atoms. The molecule has 0 aliphatic heterocycles. The molecule has 72 heavy (non-hydrogen) atoms. The first kappa shape index (κ1) is 41.7. The fourth-order valence-corrected chi connectivity index (χ4v) is 12.2. The molecule has 1 heteroatoms. The summed E-state index contributed by atoms with van der Waals surface area (Å²) in [4.78, 5) is 2.53. The minimum absolute atomic E-state index is 0.475. The molecule has 0 heterocycles. The van der Waals surface area contributed by atoms with Crippen molar-refractivity contribution in [3.8, 4) is 77.9 Å². The molecule has 0 amide bonds. The van der Waals surface area contributed by atoms with Gasteiger partial charge in [0.15, 0.2) is 0 Å². The predicted octanol–water partition coefficient (Wildman–Crippen LogP) is 19.0. The molecule has 2 aliphatic carbocycles. The van der Waals surface area contributed by atoms with E-state index in [1.807, 2.05) is 0 Å². The van der Waals surface area contributed by atoms with E-state index in [9.17, 15) is 0 Å². The van der Waals surface area contributed by atoms with Crippen molar-refractivity contribution >= 4 is 27.8 Å². The van der Waals surface area contributed by atoms with Crippen molar-refractivity contribution in [1.29, 1.82) is 0 Å². The lowest BCUT2D eigenvalue weighted by Crippen LogP contribution is -2.26. The van der Waals surface area contributed by atoms with E-state index in [-0.39, 0.29) is 0 Å². The third-order valence-electron chi connectivity index (χ3n) is 15.3. The molecule has 0 N–H and O–H groups in total. The first-order valence-electron chi connectivity index (χ1n) is 25.0. The first-order chi connectivity index (χ1) is 35.7. The van der Waals surface area contributed by atoms with E-state index in [2.05, 4.69) is 290 Å². The fourth-order valence-electron chi connectivity index (χ4n) is 12.2. The van der Waals surface area contributed by atoms with Crippen LogP contribution in [0.1, 0.15) is 22.3 Å². The SMILES string of the molecule is c1ccc(-c2ccccc2-c2ccccc2-c2ccccc2N(c2ccc(-c3ccc(-c4ccc5ccccc5c4)cc3)cc2)c2cccc3c2-c2ccccc2C32c3ccccc3-c3ccccc32)cc1. The van der Waals surface area contributed by atoms with Gasteiger partial charge in [-0.05, 0) is 130 Å². The van der Waals surface area contributed by atoms with Crippen LogP contribution in [0.2, 0.25) is 0 Å². The summed E-state index contributed by atoms with van der Waals surface area (Å²) in [5, 5.41) is 2.51. The van der Waals surface area contributed by atoms with Gasteiger partial charge in [0.05, 0.1) is 16.8 Å². The first-order valence-corrected chi connectivity index (χ1v) is 25.0. The Kier molecular flexibility index (Phi) is 9.82. The molecule has 0 atom stereocenters. The Hall–Kier alpha value is -9.30. The predicted molar refractivity (Wildman–Crippen MR) is 302 cm³/mol. The zero-order chi connectivity index (χ0) is 47.6. The lowest BCUT2D eigenvalue weighted by Gasteiger charge is -2.32. The van der Waals surface area contributed by atoms with Crippen molar-refractivity contribution in [1.82, 2.24) is 0 Å². The van der Waals surface area contributed by atoms with Gasteiger partial charge in [-0.25, -0.2) is 0 Å². The summed E-state index contributed by atoms with van der Waals surface area (Å²) in [6.07, 6.45) is 0. The van der Waals surface area contributed by atoms with Crippen LogP contribution < -0.4 is 4.90 Å². The second kappa shape index (κ2) is 17.0. The Balaban J connectivity index is 0.965. The topological polar surface area (TPSA) is 3.24 Å². The van der Waals surface area contributed by atoms with Crippen LogP contribution in [0, 0.1) is 0 Å². The molecule has 1 nitrogen and oxygen atoms in total. The summed E-state index contributed by atoms with van der Waals surface area (Å²) < 4.78 is 0. The lowest BCUT2D eigenvalue weighted by atomic mass is 9.70. The quantitative estimate of drug-likeness (QED) is 0.147. The van der Waals surface area contributed by atoms with Crippen LogP contribution in [0.25, 0.3) is 88.7 Å². The highest BCUT2D eigenvalue weighted by Crippen LogP contribution is 2.65. The van der Waals surface area contributed by atoms with Gasteiger partial charge in [0.25, 0.3) is 0 Å². The Morgan fingerprint density at radius 3 is 1.29 bits per heavy atom. The standard InChI is InChI=1S/C71H47N/c1-2-20-52(21-3-1)56-23-6-7-24-57(56)58-25-8-9-26-59(58)62-29-13-17-35-68(62)72(55-45-43-50(44-46-55)49-37-39-51(40-38-49)54-42-41-48-19-4-5-22-53(48)47-54)69-36-18-34-67-70(69)63-30-12-16-33-66(63)71(67)64-31-14-10-27-60(64)61-28-11-15-32-65(61)71/h1-47H. The number of rotatable bonds is 8. The monoisotopic (exact) mass is 913 g/mol. The van der Waals surface area contributed by atoms with Gasteiger partial charge in [-0.1, -0.05) is 255 Å². The van der Waals surface area contributed by atoms with Crippen LogP contribution in [0.4, 0.5) is 17.1 Å². The zero-order valence-corrected chi connectivity index (χ0v) is 39.6. The van der Waals surface area contributed by atoms with E-state index < -0.39 is 5.41 Å². The third kappa shape index (κ3) is 6.48. The van der Waals surface area contributed by atoms with Crippen molar-refractivity contribution < 1.29 is 0 Å². The molecular formula is C71H47N. The van der Waals surface area contributed by atoms with Crippen molar-refractivity contribution in [2.24, 2.45) is 0 Å². The molecule has 0 aromatic heterocycles. The van der Waals surface area contributed by atoms with Crippen LogP contribution in [-0.4, -0.2) is 0 Å². The third-order valence-corrected chi connectivity index (χ3v) is 15.3. The van der Waals surface area contributed by atoms with Gasteiger partial charge < -0.3 is 4.90 Å².